The zero-order valence-corrected chi connectivity index (χ0v) is 61.2. The fourth-order valence-corrected chi connectivity index (χ4v) is 20.1. The Labute approximate surface area is 638 Å². The first-order valence-corrected chi connectivity index (χ1v) is 38.5. The van der Waals surface area contributed by atoms with Gasteiger partial charge < -0.3 is 0 Å². The highest BCUT2D eigenvalue weighted by Gasteiger charge is 2.50. The highest BCUT2D eigenvalue weighted by atomic mass is 14.5. The van der Waals surface area contributed by atoms with Crippen LogP contribution in [0.3, 0.4) is 0 Å². The van der Waals surface area contributed by atoms with Crippen molar-refractivity contribution in [2.75, 3.05) is 0 Å². The van der Waals surface area contributed by atoms with Gasteiger partial charge in [0.05, 0.1) is 16.2 Å². The van der Waals surface area contributed by atoms with Gasteiger partial charge in [-0.2, -0.15) is 0 Å². The molecule has 0 aromatic heterocycles. The highest BCUT2D eigenvalue weighted by molar-refractivity contribution is 6.07. The topological polar surface area (TPSA) is 0 Å². The molecule has 2 atom stereocenters. The largest absolute Gasteiger partial charge is 0.0714 e. The molecule has 0 radical (unpaired) electrons. The Morgan fingerprint density at radius 2 is 0.578 bits per heavy atom. The van der Waals surface area contributed by atoms with Crippen LogP contribution in [0.15, 0.2) is 394 Å². The Balaban J connectivity index is 0.663. The molecule has 21 rings (SSSR count). The monoisotopic (exact) mass is 1380 g/mol. The third-order valence-electron chi connectivity index (χ3n) is 25.0. The summed E-state index contributed by atoms with van der Waals surface area (Å²) in [6.07, 6.45) is 0.783. The maximum Gasteiger partial charge on any atom is 0.0714 e. The van der Waals surface area contributed by atoms with E-state index in [2.05, 4.69) is 415 Å². The summed E-state index contributed by atoms with van der Waals surface area (Å²) in [6.45, 7) is 6.67. The summed E-state index contributed by atoms with van der Waals surface area (Å²) in [7, 11) is 0. The molecule has 18 aromatic carbocycles. The van der Waals surface area contributed by atoms with E-state index in [0.29, 0.717) is 0 Å². The van der Waals surface area contributed by atoms with E-state index in [0.717, 1.165) is 6.42 Å². The van der Waals surface area contributed by atoms with Gasteiger partial charge >= 0.3 is 0 Å². The molecule has 0 aliphatic heterocycles. The average Bonchev–Trinajstić information content (AvgIpc) is 1.55. The smallest absolute Gasteiger partial charge is 0.0622 e. The summed E-state index contributed by atoms with van der Waals surface area (Å²) in [4.78, 5) is 0. The lowest BCUT2D eigenvalue weighted by molar-refractivity contribution is 0.767. The SMILES string of the molecule is Cc1ccc(C2(c3ccc(Cc4ccc(-c5cccc6c5-c5ccccc5C6(c5ccccc5)c5cccc(-c6ccc7c(C)ccc(-c8ccc9c(c8)C(c8ccccc8)(c8ccccc8)c8ccccc8-9)c7c6)c5)c5ccccc45)cc3)c3ccccc3-c3ccc(-c4ccc(C)c5ccccc45)cc32)cc1. The first kappa shape index (κ1) is 64.1. The third-order valence-corrected chi connectivity index (χ3v) is 25.0. The minimum Gasteiger partial charge on any atom is -0.0622 e. The molecule has 512 valence electrons. The van der Waals surface area contributed by atoms with Crippen LogP contribution in [0.2, 0.25) is 0 Å². The molecule has 0 nitrogen and oxygen atoms in total. The van der Waals surface area contributed by atoms with Gasteiger partial charge in [0.25, 0.3) is 0 Å². The second-order valence-electron chi connectivity index (χ2n) is 30.5. The van der Waals surface area contributed by atoms with Gasteiger partial charge in [-0.3, -0.25) is 0 Å². The summed E-state index contributed by atoms with van der Waals surface area (Å²) in [5.41, 5.74) is 37.5. The molecule has 0 bridgehead atoms. The van der Waals surface area contributed by atoms with Crippen LogP contribution in [0.5, 0.6) is 0 Å². The lowest BCUT2D eigenvalue weighted by Gasteiger charge is -2.34. The van der Waals surface area contributed by atoms with E-state index in [-0.39, 0.29) is 0 Å². The Bertz CT molecular complexity index is 6660. The highest BCUT2D eigenvalue weighted by Crippen LogP contribution is 2.62. The zero-order valence-electron chi connectivity index (χ0n) is 61.2. The molecule has 0 saturated heterocycles. The molecule has 0 saturated carbocycles. The fourth-order valence-electron chi connectivity index (χ4n) is 20.1. The number of rotatable bonds is 12. The molecule has 2 unspecified atom stereocenters. The molecule has 0 spiro atoms. The summed E-state index contributed by atoms with van der Waals surface area (Å²) in [5, 5.41) is 7.59. The second-order valence-corrected chi connectivity index (χ2v) is 30.5. The van der Waals surface area contributed by atoms with Crippen molar-refractivity contribution >= 4 is 32.3 Å². The van der Waals surface area contributed by atoms with Crippen molar-refractivity contribution in [3.05, 3.63) is 489 Å². The van der Waals surface area contributed by atoms with Crippen molar-refractivity contribution < 1.29 is 0 Å². The average molecular weight is 1390 g/mol. The van der Waals surface area contributed by atoms with Crippen LogP contribution >= 0.6 is 0 Å². The molecule has 3 aliphatic rings. The van der Waals surface area contributed by atoms with Gasteiger partial charge in [0.2, 0.25) is 0 Å². The number of hydrogen-bond donors (Lipinski definition) is 0. The van der Waals surface area contributed by atoms with Crippen LogP contribution in [0, 0.1) is 20.8 Å². The van der Waals surface area contributed by atoms with Crippen LogP contribution < -0.4 is 0 Å². The zero-order chi connectivity index (χ0) is 72.5. The Morgan fingerprint density at radius 1 is 0.193 bits per heavy atom. The maximum absolute atomic E-state index is 2.51. The Morgan fingerprint density at radius 3 is 1.17 bits per heavy atom. The van der Waals surface area contributed by atoms with Crippen LogP contribution in [-0.4, -0.2) is 0 Å². The van der Waals surface area contributed by atoms with Crippen molar-refractivity contribution in [3.8, 4) is 77.9 Å². The molecule has 3 aliphatic carbocycles. The van der Waals surface area contributed by atoms with E-state index in [4.69, 9.17) is 0 Å². The number of hydrogen-bond acceptors (Lipinski definition) is 0. The second kappa shape index (κ2) is 25.2. The summed E-state index contributed by atoms with van der Waals surface area (Å²) >= 11 is 0. The lowest BCUT2D eigenvalue weighted by Crippen LogP contribution is -2.28. The molecular formula is C109H76. The maximum atomic E-state index is 2.51. The minimum atomic E-state index is -0.648. The van der Waals surface area contributed by atoms with Gasteiger partial charge in [0.15, 0.2) is 0 Å². The Hall–Kier alpha value is -13.3. The van der Waals surface area contributed by atoms with E-state index in [1.807, 2.05) is 0 Å². The van der Waals surface area contributed by atoms with Crippen molar-refractivity contribution in [1.82, 2.24) is 0 Å². The van der Waals surface area contributed by atoms with Crippen LogP contribution in [0.1, 0.15) is 94.6 Å². The summed E-state index contributed by atoms with van der Waals surface area (Å²) in [6, 6.07) is 150. The van der Waals surface area contributed by atoms with Crippen molar-refractivity contribution in [1.29, 1.82) is 0 Å². The normalized spacial score (nSPS) is 15.5. The molecular weight excluding hydrogens is 1310 g/mol. The standard InChI is InChI=1S/C109H76/c1-70-45-55-82(56-46-70)108(101-42-21-18-38-94(101)96-63-53-77(68-105(96)108)88-59-47-71(2)85-33-13-15-35-90(85)88)83-57-49-73(50-58-83)65-76-52-62-92(91-36-16-14-34-87(76)91)97-40-24-44-103-106(97)98-39-19-22-43-102(98)109(103,81-30-11-6-12-31-81)84-32-23-25-74(66-84)75-51-61-86-72(3)48-60-89(99(86)67-75)78-54-64-95-93-37-17-20-41-100(93)107(104(95)69-78,79-26-7-4-8-27-79)80-28-9-5-10-29-80/h4-64,66-69H,65H2,1-3H3. The van der Waals surface area contributed by atoms with E-state index in [9.17, 15) is 0 Å². The fraction of sp³-hybridized carbons (Fsp3) is 0.0642. The van der Waals surface area contributed by atoms with Gasteiger partial charge in [-0.1, -0.05) is 376 Å². The number of benzene rings is 18. The van der Waals surface area contributed by atoms with Crippen molar-refractivity contribution in [2.24, 2.45) is 0 Å². The van der Waals surface area contributed by atoms with Crippen LogP contribution in [0.4, 0.5) is 0 Å². The van der Waals surface area contributed by atoms with Crippen molar-refractivity contribution in [2.45, 2.75) is 43.4 Å². The molecule has 0 fully saturated rings. The van der Waals surface area contributed by atoms with Gasteiger partial charge in [-0.25, -0.2) is 0 Å². The van der Waals surface area contributed by atoms with E-state index >= 15 is 0 Å². The Kier molecular flexibility index (Phi) is 14.8. The third kappa shape index (κ3) is 9.57. The molecule has 109 heavy (non-hydrogen) atoms. The summed E-state index contributed by atoms with van der Waals surface area (Å²) in [5.74, 6) is 0. The van der Waals surface area contributed by atoms with Gasteiger partial charge in [-0.15, -0.1) is 0 Å². The predicted octanol–water partition coefficient (Wildman–Crippen LogP) is 27.4. The molecule has 18 aromatic rings. The first-order chi connectivity index (χ1) is 53.8. The van der Waals surface area contributed by atoms with Gasteiger partial charge in [-0.05, 0) is 251 Å². The predicted molar refractivity (Wildman–Crippen MR) is 456 cm³/mol. The molecule has 0 amide bonds. The van der Waals surface area contributed by atoms with Crippen LogP contribution in [0.25, 0.3) is 110 Å². The molecule has 0 heterocycles. The van der Waals surface area contributed by atoms with Gasteiger partial charge in [0.1, 0.15) is 0 Å². The quantitative estimate of drug-likeness (QED) is 0.114. The number of aryl methyl sites for hydroxylation is 3. The molecule has 0 heteroatoms. The van der Waals surface area contributed by atoms with E-state index in [1.54, 1.807) is 0 Å². The minimum absolute atomic E-state index is 0.504. The van der Waals surface area contributed by atoms with E-state index < -0.39 is 16.2 Å². The first-order valence-electron chi connectivity index (χ1n) is 38.5. The van der Waals surface area contributed by atoms with E-state index in [1.165, 1.54) is 205 Å². The lowest BCUT2D eigenvalue weighted by atomic mass is 9.67. The van der Waals surface area contributed by atoms with Crippen molar-refractivity contribution in [3.63, 3.8) is 0 Å². The molecule has 0 N–H and O–H groups in total. The van der Waals surface area contributed by atoms with Gasteiger partial charge in [0, 0.05) is 0 Å². The summed E-state index contributed by atoms with van der Waals surface area (Å²) < 4.78 is 0. The number of fused-ring (bicyclic) bond motifs is 12. The van der Waals surface area contributed by atoms with Crippen LogP contribution in [-0.2, 0) is 22.7 Å².